The maximum Gasteiger partial charge on any atom is 0.261 e. The highest BCUT2D eigenvalue weighted by Gasteiger charge is 2.57. The van der Waals surface area contributed by atoms with Crippen molar-refractivity contribution in [3.05, 3.63) is 168 Å². The number of piperidine rings is 1. The van der Waals surface area contributed by atoms with Crippen molar-refractivity contribution in [2.75, 3.05) is 13.2 Å². The van der Waals surface area contributed by atoms with Crippen molar-refractivity contribution in [1.29, 1.82) is 0 Å². The second-order valence-electron chi connectivity index (χ2n) is 16.3. The minimum atomic E-state index is -2.92. The topological polar surface area (TPSA) is 51.5 Å². The van der Waals surface area contributed by atoms with Gasteiger partial charge in [0.25, 0.3) is 14.2 Å². The van der Waals surface area contributed by atoms with Gasteiger partial charge in [-0.25, -0.2) is 0 Å². The quantitative estimate of drug-likeness (QED) is 0.104. The molecular weight excluding hydrogens is 681 g/mol. The molecule has 5 nitrogen and oxygen atoms in total. The first-order chi connectivity index (χ1) is 26.2. The molecule has 1 fully saturated rings. The molecule has 0 radical (unpaired) electrons. The van der Waals surface area contributed by atoms with Gasteiger partial charge < -0.3 is 18.7 Å². The van der Waals surface area contributed by atoms with E-state index in [1.807, 2.05) is 35.2 Å². The number of carbonyl (C=O) groups excluding carboxylic acids is 2. The van der Waals surface area contributed by atoms with Crippen LogP contribution in [0.5, 0.6) is 0 Å². The summed E-state index contributed by atoms with van der Waals surface area (Å²) in [7, 11) is -2.92. The van der Waals surface area contributed by atoms with Crippen LogP contribution in [0, 0.1) is 11.3 Å². The largest absolute Gasteiger partial charge is 0.407 e. The number of benzene rings is 5. The Kier molecular flexibility index (Phi) is 9.53. The smallest absolute Gasteiger partial charge is 0.261 e. The Balaban J connectivity index is 1.36. The molecule has 2 aliphatic rings. The monoisotopic (exact) mass is 730 g/mol. The fraction of sp³-hybridized carbons (Fsp3) is 0.292. The number of nitrogens with zero attached hydrogens (tertiary/aromatic N) is 2. The minimum absolute atomic E-state index is 0.0217. The second kappa shape index (κ2) is 14.3. The summed E-state index contributed by atoms with van der Waals surface area (Å²) in [6, 6.07) is 50.3. The highest BCUT2D eigenvalue weighted by atomic mass is 28.4. The molecule has 1 aromatic heterocycles. The molecule has 274 valence electrons. The number of para-hydroxylation sites is 1. The molecule has 1 amide bonds. The van der Waals surface area contributed by atoms with E-state index in [4.69, 9.17) is 4.43 Å². The molecular formula is C48H50N2O3Si. The van der Waals surface area contributed by atoms with E-state index in [0.717, 1.165) is 5.52 Å². The average molecular weight is 731 g/mol. The van der Waals surface area contributed by atoms with Crippen LogP contribution >= 0.6 is 0 Å². The molecule has 0 spiro atoms. The number of carbonyl (C=O) groups is 2. The van der Waals surface area contributed by atoms with E-state index in [9.17, 15) is 9.59 Å². The number of aldehydes is 1. The van der Waals surface area contributed by atoms with Crippen LogP contribution in [0.4, 0.5) is 0 Å². The molecule has 2 heterocycles. The van der Waals surface area contributed by atoms with Gasteiger partial charge in [-0.2, -0.15) is 0 Å². The molecule has 0 saturated carbocycles. The zero-order valence-corrected chi connectivity index (χ0v) is 32.8. The first-order valence-corrected chi connectivity index (χ1v) is 21.4. The SMILES string of the molecule is CCC1(C=O)CN(C(=O)c2ccccc2)[C@H]2CC1[C@@H](CO[Si](c1ccccc1)(c1ccccc1)C(C)(C)C)c1c2n(Cc2ccccc2)c2ccccc12. The highest BCUT2D eigenvalue weighted by molar-refractivity contribution is 6.99. The standard InChI is InChI=1S/C48H50N2O3Si/c1-5-48(34-51)33-50(46(52)36-22-12-7-13-23-36)43-30-41(48)40(44-39-28-18-19-29-42(39)49(45(43)44)31-35-20-10-6-11-21-35)32-53-54(47(2,3)4,37-24-14-8-15-25-37)38-26-16-9-17-27-38/h6-29,34,40-41,43H,5,30-33H2,1-4H3/t40-,41?,43+,48?/m1/s1. The Morgan fingerprint density at radius 3 is 1.93 bits per heavy atom. The predicted molar refractivity (Wildman–Crippen MR) is 221 cm³/mol. The van der Waals surface area contributed by atoms with Crippen LogP contribution < -0.4 is 10.4 Å². The second-order valence-corrected chi connectivity index (χ2v) is 20.6. The molecule has 2 bridgehead atoms. The Hall–Kier alpha value is -5.04. The van der Waals surface area contributed by atoms with Crippen molar-refractivity contribution in [3.8, 4) is 0 Å². The van der Waals surface area contributed by atoms with Crippen molar-refractivity contribution < 1.29 is 14.0 Å². The molecule has 2 unspecified atom stereocenters. The van der Waals surface area contributed by atoms with Gasteiger partial charge in [-0.1, -0.05) is 155 Å². The van der Waals surface area contributed by atoms with Gasteiger partial charge in [-0.05, 0) is 63.5 Å². The fourth-order valence-electron chi connectivity index (χ4n) is 9.93. The van der Waals surface area contributed by atoms with E-state index in [1.54, 1.807) is 0 Å². The summed E-state index contributed by atoms with van der Waals surface area (Å²) in [5, 5.41) is 3.46. The first-order valence-electron chi connectivity index (χ1n) is 19.4. The van der Waals surface area contributed by atoms with E-state index in [-0.39, 0.29) is 28.8 Å². The molecule has 8 rings (SSSR count). The van der Waals surface area contributed by atoms with E-state index in [0.29, 0.717) is 38.1 Å². The van der Waals surface area contributed by atoms with Crippen LogP contribution in [-0.4, -0.2) is 43.1 Å². The van der Waals surface area contributed by atoms with Gasteiger partial charge in [0.2, 0.25) is 0 Å². The Bertz CT molecular complexity index is 2210. The lowest BCUT2D eigenvalue weighted by Crippen LogP contribution is -2.67. The summed E-state index contributed by atoms with van der Waals surface area (Å²) in [6.45, 7) is 10.6. The summed E-state index contributed by atoms with van der Waals surface area (Å²) in [4.78, 5) is 30.4. The van der Waals surface area contributed by atoms with Gasteiger partial charge in [-0.15, -0.1) is 0 Å². The van der Waals surface area contributed by atoms with Crippen LogP contribution in [0.25, 0.3) is 10.9 Å². The van der Waals surface area contributed by atoms with E-state index < -0.39 is 13.7 Å². The third kappa shape index (κ3) is 5.87. The molecule has 6 heteroatoms. The van der Waals surface area contributed by atoms with E-state index >= 15 is 0 Å². The lowest BCUT2D eigenvalue weighted by molar-refractivity contribution is -0.127. The van der Waals surface area contributed by atoms with Crippen molar-refractivity contribution in [2.45, 2.75) is 64.1 Å². The van der Waals surface area contributed by atoms with Crippen molar-refractivity contribution in [3.63, 3.8) is 0 Å². The summed E-state index contributed by atoms with van der Waals surface area (Å²) < 4.78 is 10.2. The number of fused-ring (bicyclic) bond motifs is 6. The van der Waals surface area contributed by atoms with Crippen LogP contribution in [0.15, 0.2) is 146 Å². The molecule has 6 aromatic rings. The van der Waals surface area contributed by atoms with Crippen LogP contribution in [0.3, 0.4) is 0 Å². The predicted octanol–water partition coefficient (Wildman–Crippen LogP) is 9.16. The Morgan fingerprint density at radius 1 is 0.796 bits per heavy atom. The molecule has 1 aliphatic heterocycles. The fourth-order valence-corrected chi connectivity index (χ4v) is 14.5. The molecule has 1 aliphatic carbocycles. The van der Waals surface area contributed by atoms with Gasteiger partial charge in [0, 0.05) is 53.2 Å². The number of hydrogen-bond donors (Lipinski definition) is 0. The van der Waals surface area contributed by atoms with Crippen LogP contribution in [0.1, 0.15) is 79.7 Å². The third-order valence-electron chi connectivity index (χ3n) is 12.5. The lowest BCUT2D eigenvalue weighted by Gasteiger charge is -2.55. The number of amides is 1. The lowest BCUT2D eigenvalue weighted by atomic mass is 9.58. The number of aromatic nitrogens is 1. The zero-order valence-electron chi connectivity index (χ0n) is 31.8. The summed E-state index contributed by atoms with van der Waals surface area (Å²) in [5.74, 6) is -0.117. The maximum atomic E-state index is 14.7. The zero-order chi connectivity index (χ0) is 37.5. The van der Waals surface area contributed by atoms with E-state index in [1.165, 1.54) is 38.9 Å². The molecule has 5 aromatic carbocycles. The molecule has 1 saturated heterocycles. The molecule has 4 atom stereocenters. The van der Waals surface area contributed by atoms with Gasteiger partial charge in [-0.3, -0.25) is 4.79 Å². The minimum Gasteiger partial charge on any atom is -0.407 e. The summed E-state index contributed by atoms with van der Waals surface area (Å²) in [5.41, 5.74) is 4.67. The number of hydrogen-bond acceptors (Lipinski definition) is 3. The van der Waals surface area contributed by atoms with Gasteiger partial charge in [0.1, 0.15) is 6.29 Å². The summed E-state index contributed by atoms with van der Waals surface area (Å²) in [6.07, 6.45) is 2.52. The van der Waals surface area contributed by atoms with Crippen LogP contribution in [0.2, 0.25) is 5.04 Å². The summed E-state index contributed by atoms with van der Waals surface area (Å²) >= 11 is 0. The van der Waals surface area contributed by atoms with Gasteiger partial charge in [0.05, 0.1) is 6.04 Å². The average Bonchev–Trinajstić information content (AvgIpc) is 3.53. The van der Waals surface area contributed by atoms with E-state index in [2.05, 4.69) is 148 Å². The maximum absolute atomic E-state index is 14.7. The third-order valence-corrected chi connectivity index (χ3v) is 17.5. The van der Waals surface area contributed by atoms with Crippen molar-refractivity contribution >= 4 is 41.8 Å². The van der Waals surface area contributed by atoms with Crippen molar-refractivity contribution in [2.24, 2.45) is 11.3 Å². The molecule has 54 heavy (non-hydrogen) atoms. The van der Waals surface area contributed by atoms with Gasteiger partial charge >= 0.3 is 0 Å². The number of rotatable bonds is 10. The Morgan fingerprint density at radius 2 is 1.35 bits per heavy atom. The van der Waals surface area contributed by atoms with Gasteiger partial charge in [0.15, 0.2) is 0 Å². The van der Waals surface area contributed by atoms with Crippen LogP contribution in [-0.2, 0) is 15.8 Å². The highest BCUT2D eigenvalue weighted by Crippen LogP contribution is 2.58. The normalized spacial score (nSPS) is 21.1. The number of likely N-dealkylation sites (tertiary alicyclic amines) is 1. The van der Waals surface area contributed by atoms with Crippen molar-refractivity contribution in [1.82, 2.24) is 9.47 Å². The molecule has 0 N–H and O–H groups in total. The Labute approximate surface area is 320 Å². The first kappa shape index (κ1) is 36.0.